The first-order chi connectivity index (χ1) is 4.13. The molecule has 1 N–H and O–H groups in total. The Bertz CT molecular complexity index is 178. The predicted octanol–water partition coefficient (Wildman–Crippen LogP) is -1.71. The number of hydrogen-bond acceptors (Lipinski definition) is 2. The van der Waals surface area contributed by atoms with Gasteiger partial charge in [-0.2, -0.15) is 0 Å². The topological polar surface area (TPSA) is 40.5 Å². The number of hydrogen-bond donors (Lipinski definition) is 1. The van der Waals surface area contributed by atoms with Crippen LogP contribution in [0.5, 0.6) is 0 Å². The maximum Gasteiger partial charge on any atom is 0.241 e. The average Bonchev–Trinajstić information content (AvgIpc) is 1.98. The molecule has 0 radical (unpaired) electrons. The fourth-order valence-electron chi connectivity index (χ4n) is 0.805. The van der Waals surface area contributed by atoms with Crippen molar-refractivity contribution in [2.75, 3.05) is 7.05 Å². The SMILES string of the molecule is BC1=CC(O)N(C)C1=O. The Morgan fingerprint density at radius 1 is 1.89 bits per heavy atom. The molecule has 48 valence electrons. The van der Waals surface area contributed by atoms with Gasteiger partial charge >= 0.3 is 0 Å². The molecule has 3 nitrogen and oxygen atoms in total. The monoisotopic (exact) mass is 125 g/mol. The summed E-state index contributed by atoms with van der Waals surface area (Å²) in [5.74, 6) is -0.0949. The smallest absolute Gasteiger partial charge is 0.241 e. The fraction of sp³-hybridized carbons (Fsp3) is 0.400. The fourth-order valence-corrected chi connectivity index (χ4v) is 0.805. The molecule has 1 rings (SSSR count). The van der Waals surface area contributed by atoms with E-state index in [-0.39, 0.29) is 5.91 Å². The molecule has 1 atom stereocenters. The standard InChI is InChI=1S/C5H8BNO2/c1-7-4(8)2-3(6)5(7)9/h2,4,8H,6H2,1H3. The highest BCUT2D eigenvalue weighted by molar-refractivity contribution is 6.37. The number of carbonyl (C=O) groups excluding carboxylic acids is 1. The second-order valence-electron chi connectivity index (χ2n) is 2.18. The van der Waals surface area contributed by atoms with Crippen molar-refractivity contribution in [1.82, 2.24) is 4.90 Å². The van der Waals surface area contributed by atoms with E-state index in [0.717, 1.165) is 0 Å². The van der Waals surface area contributed by atoms with Crippen molar-refractivity contribution < 1.29 is 9.90 Å². The predicted molar refractivity (Wildman–Crippen MR) is 35.4 cm³/mol. The summed E-state index contributed by atoms with van der Waals surface area (Å²) in [4.78, 5) is 12.1. The van der Waals surface area contributed by atoms with E-state index in [4.69, 9.17) is 5.11 Å². The van der Waals surface area contributed by atoms with E-state index in [2.05, 4.69) is 0 Å². The highest BCUT2D eigenvalue weighted by atomic mass is 16.3. The van der Waals surface area contributed by atoms with Gasteiger partial charge in [-0.1, -0.05) is 0 Å². The van der Waals surface area contributed by atoms with Gasteiger partial charge in [-0.3, -0.25) is 4.79 Å². The first kappa shape index (κ1) is 6.36. The largest absolute Gasteiger partial charge is 0.370 e. The maximum absolute atomic E-state index is 10.8. The maximum atomic E-state index is 10.8. The van der Waals surface area contributed by atoms with Crippen LogP contribution >= 0.6 is 0 Å². The van der Waals surface area contributed by atoms with Crippen LogP contribution in [0.25, 0.3) is 0 Å². The summed E-state index contributed by atoms with van der Waals surface area (Å²) in [5, 5.41) is 8.97. The highest BCUT2D eigenvalue weighted by Crippen LogP contribution is 2.09. The minimum atomic E-state index is -0.711. The Morgan fingerprint density at radius 3 is 2.56 bits per heavy atom. The molecule has 0 aliphatic carbocycles. The summed E-state index contributed by atoms with van der Waals surface area (Å²) in [5.41, 5.74) is 0.616. The molecule has 1 unspecified atom stereocenters. The van der Waals surface area contributed by atoms with Crippen LogP contribution < -0.4 is 0 Å². The minimum absolute atomic E-state index is 0.0949. The molecular weight excluding hydrogens is 117 g/mol. The van der Waals surface area contributed by atoms with E-state index in [0.29, 0.717) is 5.47 Å². The molecule has 0 bridgehead atoms. The van der Waals surface area contributed by atoms with Gasteiger partial charge in [0.05, 0.1) is 0 Å². The van der Waals surface area contributed by atoms with Crippen LogP contribution in [0.1, 0.15) is 0 Å². The Kier molecular flexibility index (Phi) is 1.33. The van der Waals surface area contributed by atoms with Gasteiger partial charge in [-0.05, 0) is 11.5 Å². The van der Waals surface area contributed by atoms with E-state index >= 15 is 0 Å². The minimum Gasteiger partial charge on any atom is -0.370 e. The van der Waals surface area contributed by atoms with Crippen LogP contribution in [0.3, 0.4) is 0 Å². The zero-order valence-corrected chi connectivity index (χ0v) is 5.46. The summed E-state index contributed by atoms with van der Waals surface area (Å²) in [7, 11) is 3.26. The van der Waals surface area contributed by atoms with Gasteiger partial charge in [0, 0.05) is 7.05 Å². The van der Waals surface area contributed by atoms with Crippen LogP contribution in [0.4, 0.5) is 0 Å². The summed E-state index contributed by atoms with van der Waals surface area (Å²) >= 11 is 0. The number of likely N-dealkylation sites (N-methyl/N-ethyl adjacent to an activating group) is 1. The summed E-state index contributed by atoms with van der Waals surface area (Å²) in [6, 6.07) is 0. The number of carbonyl (C=O) groups is 1. The van der Waals surface area contributed by atoms with Crippen molar-refractivity contribution in [3.8, 4) is 0 Å². The molecule has 0 spiro atoms. The third kappa shape index (κ3) is 0.854. The van der Waals surface area contributed by atoms with Gasteiger partial charge in [-0.15, -0.1) is 0 Å². The molecule has 1 amide bonds. The zero-order chi connectivity index (χ0) is 7.02. The third-order valence-corrected chi connectivity index (χ3v) is 1.45. The number of amides is 1. The zero-order valence-electron chi connectivity index (χ0n) is 5.46. The Balaban J connectivity index is 2.82. The second-order valence-corrected chi connectivity index (χ2v) is 2.18. The van der Waals surface area contributed by atoms with Crippen LogP contribution in [0.15, 0.2) is 11.5 Å². The number of aliphatic hydroxyl groups excluding tert-OH is 1. The molecule has 0 aromatic rings. The third-order valence-electron chi connectivity index (χ3n) is 1.45. The van der Waals surface area contributed by atoms with Crippen molar-refractivity contribution in [3.05, 3.63) is 11.5 Å². The first-order valence-electron chi connectivity index (χ1n) is 2.76. The average molecular weight is 125 g/mol. The molecule has 0 aromatic heterocycles. The number of aliphatic hydroxyl groups is 1. The van der Waals surface area contributed by atoms with Gasteiger partial charge < -0.3 is 10.0 Å². The molecule has 1 aliphatic rings. The summed E-state index contributed by atoms with van der Waals surface area (Å²) in [6.07, 6.45) is 0.819. The van der Waals surface area contributed by atoms with Gasteiger partial charge in [0.25, 0.3) is 0 Å². The lowest BCUT2D eigenvalue weighted by molar-refractivity contribution is -0.129. The molecule has 4 heteroatoms. The number of nitrogens with zero attached hydrogens (tertiary/aromatic N) is 1. The van der Waals surface area contributed by atoms with Crippen LogP contribution in [0.2, 0.25) is 0 Å². The lowest BCUT2D eigenvalue weighted by atomic mass is 9.96. The van der Waals surface area contributed by atoms with Gasteiger partial charge in [0.1, 0.15) is 14.1 Å². The summed E-state index contributed by atoms with van der Waals surface area (Å²) in [6.45, 7) is 0. The van der Waals surface area contributed by atoms with Crippen molar-refractivity contribution >= 4 is 13.8 Å². The van der Waals surface area contributed by atoms with Crippen LogP contribution in [0, 0.1) is 0 Å². The molecule has 0 fully saturated rings. The molecular formula is C5H8BNO2. The van der Waals surface area contributed by atoms with E-state index < -0.39 is 6.23 Å². The van der Waals surface area contributed by atoms with Gasteiger partial charge in [0.2, 0.25) is 5.91 Å². The molecule has 0 saturated heterocycles. The van der Waals surface area contributed by atoms with E-state index in [9.17, 15) is 4.79 Å². The summed E-state index contributed by atoms with van der Waals surface area (Å²) < 4.78 is 0. The molecule has 1 aliphatic heterocycles. The van der Waals surface area contributed by atoms with Crippen LogP contribution in [-0.4, -0.2) is 37.0 Å². The van der Waals surface area contributed by atoms with Gasteiger partial charge in [-0.25, -0.2) is 0 Å². The van der Waals surface area contributed by atoms with E-state index in [1.165, 1.54) is 11.0 Å². The van der Waals surface area contributed by atoms with Crippen molar-refractivity contribution in [2.45, 2.75) is 6.23 Å². The molecule has 0 aromatic carbocycles. The molecule has 0 saturated carbocycles. The first-order valence-corrected chi connectivity index (χ1v) is 2.76. The van der Waals surface area contributed by atoms with Crippen molar-refractivity contribution in [1.29, 1.82) is 0 Å². The molecule has 9 heavy (non-hydrogen) atoms. The van der Waals surface area contributed by atoms with E-state index in [1.807, 2.05) is 0 Å². The Labute approximate surface area is 54.4 Å². The normalized spacial score (nSPS) is 26.9. The number of rotatable bonds is 0. The highest BCUT2D eigenvalue weighted by Gasteiger charge is 2.23. The van der Waals surface area contributed by atoms with Crippen LogP contribution in [-0.2, 0) is 4.79 Å². The quantitative estimate of drug-likeness (QED) is 0.391. The lowest BCUT2D eigenvalue weighted by Crippen LogP contribution is -2.29. The van der Waals surface area contributed by atoms with Crippen molar-refractivity contribution in [2.24, 2.45) is 0 Å². The van der Waals surface area contributed by atoms with Crippen molar-refractivity contribution in [3.63, 3.8) is 0 Å². The second kappa shape index (κ2) is 1.88. The molecule has 1 heterocycles. The van der Waals surface area contributed by atoms with Gasteiger partial charge in [0.15, 0.2) is 0 Å². The van der Waals surface area contributed by atoms with E-state index in [1.54, 1.807) is 14.9 Å². The lowest BCUT2D eigenvalue weighted by Gasteiger charge is -2.12. The Hall–Kier alpha value is -0.765. The Morgan fingerprint density at radius 2 is 2.44 bits per heavy atom.